The molecule has 0 saturated carbocycles. The summed E-state index contributed by atoms with van der Waals surface area (Å²) < 4.78 is 0. The molecule has 0 unspecified atom stereocenters. The molecule has 0 atom stereocenters. The zero-order chi connectivity index (χ0) is 12.3. The second-order valence-electron chi connectivity index (χ2n) is 5.02. The topological polar surface area (TPSA) is 29.5 Å². The molecule has 0 saturated heterocycles. The van der Waals surface area contributed by atoms with E-state index in [0.29, 0.717) is 17.5 Å². The zero-order valence-electron chi connectivity index (χ0n) is 10.2. The zero-order valence-corrected chi connectivity index (χ0v) is 11.0. The standard InChI is InChI=1S/C13H19ClO2/c1-9(2)11-6-5-10(7-12(11)16-15)13(3,4)8-14/h5-7,9,15H,8H2,1-4H3. The molecule has 1 aromatic carbocycles. The van der Waals surface area contributed by atoms with Crippen molar-refractivity contribution in [2.75, 3.05) is 5.88 Å². The molecule has 0 aliphatic carbocycles. The van der Waals surface area contributed by atoms with E-state index < -0.39 is 0 Å². The summed E-state index contributed by atoms with van der Waals surface area (Å²) in [5, 5.41) is 8.90. The van der Waals surface area contributed by atoms with Gasteiger partial charge in [0.15, 0.2) is 5.75 Å². The van der Waals surface area contributed by atoms with Crippen molar-refractivity contribution < 1.29 is 10.1 Å². The van der Waals surface area contributed by atoms with Gasteiger partial charge in [-0.3, -0.25) is 0 Å². The third-order valence-electron chi connectivity index (χ3n) is 2.85. The third kappa shape index (κ3) is 2.69. The predicted molar refractivity (Wildman–Crippen MR) is 67.5 cm³/mol. The van der Waals surface area contributed by atoms with E-state index in [4.69, 9.17) is 16.9 Å². The number of alkyl halides is 1. The Morgan fingerprint density at radius 1 is 1.38 bits per heavy atom. The molecule has 0 radical (unpaired) electrons. The first-order chi connectivity index (χ1) is 7.42. The minimum absolute atomic E-state index is 0.121. The smallest absolute Gasteiger partial charge is 0.168 e. The first-order valence-corrected chi connectivity index (χ1v) is 5.97. The summed E-state index contributed by atoms with van der Waals surface area (Å²) in [6.07, 6.45) is 0. The van der Waals surface area contributed by atoms with Crippen molar-refractivity contribution in [3.8, 4) is 5.75 Å². The fourth-order valence-electron chi connectivity index (χ4n) is 1.59. The van der Waals surface area contributed by atoms with Gasteiger partial charge >= 0.3 is 0 Å². The highest BCUT2D eigenvalue weighted by Crippen LogP contribution is 2.32. The maximum absolute atomic E-state index is 8.90. The number of benzene rings is 1. The Morgan fingerprint density at radius 2 is 2.00 bits per heavy atom. The van der Waals surface area contributed by atoms with Gasteiger partial charge in [0.25, 0.3) is 0 Å². The molecule has 90 valence electrons. The highest BCUT2D eigenvalue weighted by Gasteiger charge is 2.21. The van der Waals surface area contributed by atoms with E-state index in [-0.39, 0.29) is 5.41 Å². The summed E-state index contributed by atoms with van der Waals surface area (Å²) in [4.78, 5) is 4.44. The highest BCUT2D eigenvalue weighted by atomic mass is 35.5. The van der Waals surface area contributed by atoms with Crippen LogP contribution in [0.1, 0.15) is 44.7 Å². The van der Waals surface area contributed by atoms with Crippen LogP contribution in [0.15, 0.2) is 18.2 Å². The second kappa shape index (κ2) is 5.07. The van der Waals surface area contributed by atoms with Crippen LogP contribution < -0.4 is 4.89 Å². The van der Waals surface area contributed by atoms with E-state index in [1.54, 1.807) is 0 Å². The summed E-state index contributed by atoms with van der Waals surface area (Å²) in [7, 11) is 0. The van der Waals surface area contributed by atoms with Gasteiger partial charge in [0.1, 0.15) is 0 Å². The average Bonchev–Trinajstić information content (AvgIpc) is 2.27. The van der Waals surface area contributed by atoms with E-state index in [1.165, 1.54) is 0 Å². The highest BCUT2D eigenvalue weighted by molar-refractivity contribution is 6.18. The maximum atomic E-state index is 8.90. The van der Waals surface area contributed by atoms with Crippen LogP contribution >= 0.6 is 11.6 Å². The van der Waals surface area contributed by atoms with E-state index in [0.717, 1.165) is 11.1 Å². The normalized spacial score (nSPS) is 11.9. The number of halogens is 1. The minimum Gasteiger partial charge on any atom is -0.340 e. The van der Waals surface area contributed by atoms with E-state index >= 15 is 0 Å². The van der Waals surface area contributed by atoms with Crippen molar-refractivity contribution in [2.45, 2.75) is 39.0 Å². The van der Waals surface area contributed by atoms with Crippen LogP contribution in [-0.4, -0.2) is 11.1 Å². The van der Waals surface area contributed by atoms with Crippen LogP contribution in [0.3, 0.4) is 0 Å². The fraction of sp³-hybridized carbons (Fsp3) is 0.538. The van der Waals surface area contributed by atoms with Crippen molar-refractivity contribution in [3.05, 3.63) is 29.3 Å². The van der Waals surface area contributed by atoms with E-state index in [2.05, 4.69) is 32.6 Å². The Bertz CT molecular complexity index is 359. The molecular weight excluding hydrogens is 224 g/mol. The number of hydrogen-bond donors (Lipinski definition) is 1. The van der Waals surface area contributed by atoms with Gasteiger partial charge in [-0.25, -0.2) is 5.26 Å². The maximum Gasteiger partial charge on any atom is 0.168 e. The first-order valence-electron chi connectivity index (χ1n) is 5.44. The summed E-state index contributed by atoms with van der Waals surface area (Å²) in [6.45, 7) is 8.24. The lowest BCUT2D eigenvalue weighted by Gasteiger charge is -2.23. The van der Waals surface area contributed by atoms with Gasteiger partial charge in [-0.2, -0.15) is 0 Å². The molecule has 0 aliphatic heterocycles. The lowest BCUT2D eigenvalue weighted by molar-refractivity contribution is -0.138. The lowest BCUT2D eigenvalue weighted by atomic mass is 9.85. The van der Waals surface area contributed by atoms with Crippen LogP contribution in [0.25, 0.3) is 0 Å². The van der Waals surface area contributed by atoms with Crippen LogP contribution in [0.5, 0.6) is 5.75 Å². The molecule has 0 aromatic heterocycles. The molecule has 1 rings (SSSR count). The molecule has 3 heteroatoms. The Balaban J connectivity index is 3.19. The summed E-state index contributed by atoms with van der Waals surface area (Å²) >= 11 is 5.92. The fourth-order valence-corrected chi connectivity index (χ4v) is 1.74. The van der Waals surface area contributed by atoms with Gasteiger partial charge in [-0.05, 0) is 17.5 Å². The number of hydrogen-bond acceptors (Lipinski definition) is 2. The van der Waals surface area contributed by atoms with Crippen molar-refractivity contribution in [2.24, 2.45) is 0 Å². The second-order valence-corrected chi connectivity index (χ2v) is 5.28. The van der Waals surface area contributed by atoms with Crippen molar-refractivity contribution >= 4 is 11.6 Å². The molecule has 0 bridgehead atoms. The SMILES string of the molecule is CC(C)c1ccc(C(C)(C)CCl)cc1OO. The molecule has 0 heterocycles. The third-order valence-corrected chi connectivity index (χ3v) is 3.52. The monoisotopic (exact) mass is 242 g/mol. The van der Waals surface area contributed by atoms with Gasteiger partial charge in [-0.15, -0.1) is 11.6 Å². The first kappa shape index (κ1) is 13.3. The van der Waals surface area contributed by atoms with E-state index in [9.17, 15) is 0 Å². The van der Waals surface area contributed by atoms with Gasteiger partial charge in [0, 0.05) is 16.9 Å². The van der Waals surface area contributed by atoms with Crippen LogP contribution in [0, 0.1) is 0 Å². The van der Waals surface area contributed by atoms with Crippen LogP contribution in [0.4, 0.5) is 0 Å². The minimum atomic E-state index is -0.121. The Labute approximate surface area is 102 Å². The molecule has 16 heavy (non-hydrogen) atoms. The summed E-state index contributed by atoms with van der Waals surface area (Å²) in [5.74, 6) is 1.36. The molecule has 0 fully saturated rings. The van der Waals surface area contributed by atoms with E-state index in [1.807, 2.05) is 18.2 Å². The van der Waals surface area contributed by atoms with Crippen molar-refractivity contribution in [3.63, 3.8) is 0 Å². The lowest BCUT2D eigenvalue weighted by Crippen LogP contribution is -2.19. The molecular formula is C13H19ClO2. The molecule has 2 nitrogen and oxygen atoms in total. The molecule has 0 amide bonds. The van der Waals surface area contributed by atoms with Gasteiger partial charge < -0.3 is 4.89 Å². The summed E-state index contributed by atoms with van der Waals surface area (Å²) in [6, 6.07) is 5.89. The predicted octanol–water partition coefficient (Wildman–Crippen LogP) is 4.18. The quantitative estimate of drug-likeness (QED) is 0.488. The average molecular weight is 243 g/mol. The Hall–Kier alpha value is -0.730. The van der Waals surface area contributed by atoms with Gasteiger partial charge in [-0.1, -0.05) is 39.8 Å². The summed E-state index contributed by atoms with van der Waals surface area (Å²) in [5.41, 5.74) is 1.94. The molecule has 1 N–H and O–H groups in total. The van der Waals surface area contributed by atoms with Crippen molar-refractivity contribution in [1.29, 1.82) is 0 Å². The van der Waals surface area contributed by atoms with Gasteiger partial charge in [0.05, 0.1) is 0 Å². The van der Waals surface area contributed by atoms with Gasteiger partial charge in [0.2, 0.25) is 0 Å². The molecule has 1 aromatic rings. The Morgan fingerprint density at radius 3 is 2.44 bits per heavy atom. The largest absolute Gasteiger partial charge is 0.340 e. The number of rotatable bonds is 4. The van der Waals surface area contributed by atoms with Crippen molar-refractivity contribution in [1.82, 2.24) is 0 Å². The Kier molecular flexibility index (Phi) is 4.22. The van der Waals surface area contributed by atoms with Crippen LogP contribution in [-0.2, 0) is 5.41 Å². The molecule has 0 aliphatic rings. The molecule has 0 spiro atoms. The van der Waals surface area contributed by atoms with Crippen LogP contribution in [0.2, 0.25) is 0 Å².